The van der Waals surface area contributed by atoms with Gasteiger partial charge in [0.1, 0.15) is 5.82 Å². The Morgan fingerprint density at radius 2 is 1.90 bits per heavy atom. The van der Waals surface area contributed by atoms with Gasteiger partial charge in [-0.05, 0) is 37.1 Å². The first-order valence-corrected chi connectivity index (χ1v) is 11.8. The van der Waals surface area contributed by atoms with E-state index in [1.165, 1.54) is 41.3 Å². The van der Waals surface area contributed by atoms with Crippen LogP contribution in [0.15, 0.2) is 42.5 Å². The highest BCUT2D eigenvalue weighted by Gasteiger charge is 2.38. The molecule has 162 valence electrons. The standard InChI is InChI=1S/C21H22ClF2NO4S/c1-2-19(29-20-9-4-3-7-18(20)24)21(26)25(14-10-11-30(27,28)13-14)12-15-16(22)6-5-8-17(15)23/h3-9,14,19H,2,10-13H2,1H3. The van der Waals surface area contributed by atoms with Gasteiger partial charge in [0, 0.05) is 16.6 Å². The van der Waals surface area contributed by atoms with Gasteiger partial charge in [-0.15, -0.1) is 0 Å². The number of sulfone groups is 1. The van der Waals surface area contributed by atoms with Gasteiger partial charge in [-0.1, -0.05) is 36.7 Å². The molecule has 2 aromatic carbocycles. The zero-order chi connectivity index (χ0) is 21.9. The lowest BCUT2D eigenvalue weighted by atomic mass is 10.1. The zero-order valence-electron chi connectivity index (χ0n) is 16.4. The summed E-state index contributed by atoms with van der Waals surface area (Å²) in [4.78, 5) is 14.6. The summed E-state index contributed by atoms with van der Waals surface area (Å²) in [5, 5.41) is 0.136. The largest absolute Gasteiger partial charge is 0.478 e. The van der Waals surface area contributed by atoms with Crippen LogP contribution >= 0.6 is 11.6 Å². The average Bonchev–Trinajstić information content (AvgIpc) is 3.06. The third-order valence-electron chi connectivity index (χ3n) is 5.07. The van der Waals surface area contributed by atoms with Crippen molar-refractivity contribution in [1.82, 2.24) is 4.90 Å². The number of rotatable bonds is 7. The second-order valence-electron chi connectivity index (χ2n) is 7.17. The smallest absolute Gasteiger partial charge is 0.264 e. The number of halogens is 3. The Balaban J connectivity index is 1.92. The third kappa shape index (κ3) is 5.10. The molecule has 1 saturated heterocycles. The highest BCUT2D eigenvalue weighted by Crippen LogP contribution is 2.27. The van der Waals surface area contributed by atoms with Gasteiger partial charge >= 0.3 is 0 Å². The van der Waals surface area contributed by atoms with Crippen LogP contribution in [0.2, 0.25) is 5.02 Å². The summed E-state index contributed by atoms with van der Waals surface area (Å²) in [6, 6.07) is 9.23. The number of hydrogen-bond donors (Lipinski definition) is 0. The predicted octanol–water partition coefficient (Wildman–Crippen LogP) is 3.99. The Bertz CT molecular complexity index is 1010. The molecule has 0 N–H and O–H groups in total. The second-order valence-corrected chi connectivity index (χ2v) is 9.80. The first kappa shape index (κ1) is 22.5. The summed E-state index contributed by atoms with van der Waals surface area (Å²) in [7, 11) is -3.31. The van der Waals surface area contributed by atoms with E-state index in [1.807, 2.05) is 0 Å². The third-order valence-corrected chi connectivity index (χ3v) is 7.18. The zero-order valence-corrected chi connectivity index (χ0v) is 17.9. The molecular formula is C21H22ClF2NO4S. The van der Waals surface area contributed by atoms with Crippen LogP contribution in [-0.2, 0) is 21.2 Å². The number of hydrogen-bond acceptors (Lipinski definition) is 4. The van der Waals surface area contributed by atoms with E-state index in [4.69, 9.17) is 16.3 Å². The van der Waals surface area contributed by atoms with Crippen LogP contribution in [0.4, 0.5) is 8.78 Å². The van der Waals surface area contributed by atoms with Crippen molar-refractivity contribution in [3.05, 3.63) is 64.7 Å². The molecule has 2 atom stereocenters. The molecule has 1 aliphatic rings. The van der Waals surface area contributed by atoms with Crippen LogP contribution in [0.1, 0.15) is 25.3 Å². The molecule has 3 rings (SSSR count). The van der Waals surface area contributed by atoms with E-state index in [0.717, 1.165) is 0 Å². The van der Waals surface area contributed by atoms with Gasteiger partial charge in [0.15, 0.2) is 27.5 Å². The predicted molar refractivity (Wildman–Crippen MR) is 110 cm³/mol. The Labute approximate surface area is 179 Å². The van der Waals surface area contributed by atoms with Crippen LogP contribution in [0.5, 0.6) is 5.75 Å². The molecule has 0 saturated carbocycles. The maximum atomic E-state index is 14.4. The molecule has 5 nitrogen and oxygen atoms in total. The number of carbonyl (C=O) groups is 1. The Kier molecular flexibility index (Phi) is 6.98. The van der Waals surface area contributed by atoms with Crippen LogP contribution in [0.3, 0.4) is 0 Å². The van der Waals surface area contributed by atoms with Crippen molar-refractivity contribution in [3.8, 4) is 5.75 Å². The fourth-order valence-electron chi connectivity index (χ4n) is 3.45. The molecule has 0 bridgehead atoms. The van der Waals surface area contributed by atoms with Crippen molar-refractivity contribution < 1.29 is 26.7 Å². The van der Waals surface area contributed by atoms with Crippen LogP contribution in [-0.4, -0.2) is 42.9 Å². The minimum Gasteiger partial charge on any atom is -0.478 e. The maximum Gasteiger partial charge on any atom is 0.264 e. The average molecular weight is 458 g/mol. The van der Waals surface area contributed by atoms with E-state index in [-0.39, 0.29) is 47.2 Å². The van der Waals surface area contributed by atoms with Crippen LogP contribution in [0, 0.1) is 11.6 Å². The van der Waals surface area contributed by atoms with E-state index in [0.29, 0.717) is 0 Å². The Hall–Kier alpha value is -2.19. The minimum atomic E-state index is -3.31. The summed E-state index contributed by atoms with van der Waals surface area (Å²) >= 11 is 6.13. The molecule has 9 heteroatoms. The fraction of sp³-hybridized carbons (Fsp3) is 0.381. The number of carbonyl (C=O) groups excluding carboxylic acids is 1. The number of nitrogens with zero attached hydrogens (tertiary/aromatic N) is 1. The molecular weight excluding hydrogens is 436 g/mol. The number of ether oxygens (including phenoxy) is 1. The summed E-state index contributed by atoms with van der Waals surface area (Å²) < 4.78 is 58.0. The Morgan fingerprint density at radius 1 is 1.20 bits per heavy atom. The first-order valence-electron chi connectivity index (χ1n) is 9.57. The topological polar surface area (TPSA) is 63.7 Å². The molecule has 30 heavy (non-hydrogen) atoms. The molecule has 0 spiro atoms. The minimum absolute atomic E-state index is 0.0581. The summed E-state index contributed by atoms with van der Waals surface area (Å²) in [6.45, 7) is 1.49. The van der Waals surface area contributed by atoms with Gasteiger partial charge in [0.25, 0.3) is 5.91 Å². The highest BCUT2D eigenvalue weighted by atomic mass is 35.5. The van der Waals surface area contributed by atoms with Crippen molar-refractivity contribution in [2.24, 2.45) is 0 Å². The lowest BCUT2D eigenvalue weighted by Gasteiger charge is -2.32. The van der Waals surface area contributed by atoms with Gasteiger partial charge < -0.3 is 9.64 Å². The van der Waals surface area contributed by atoms with E-state index >= 15 is 0 Å². The molecule has 1 amide bonds. The molecule has 0 aromatic heterocycles. The second kappa shape index (κ2) is 9.31. The van der Waals surface area contributed by atoms with Crippen molar-refractivity contribution in [3.63, 3.8) is 0 Å². The van der Waals surface area contributed by atoms with Gasteiger partial charge in [-0.25, -0.2) is 17.2 Å². The van der Waals surface area contributed by atoms with Crippen LogP contribution < -0.4 is 4.74 Å². The number of amides is 1. The van der Waals surface area contributed by atoms with Gasteiger partial charge in [-0.2, -0.15) is 0 Å². The van der Waals surface area contributed by atoms with Gasteiger partial charge in [0.2, 0.25) is 0 Å². The summed E-state index contributed by atoms with van der Waals surface area (Å²) in [6.07, 6.45) is -0.611. The van der Waals surface area contributed by atoms with E-state index in [2.05, 4.69) is 0 Å². The molecule has 1 heterocycles. The SMILES string of the molecule is CCC(Oc1ccccc1F)C(=O)N(Cc1c(F)cccc1Cl)C1CCS(=O)(=O)C1. The van der Waals surface area contributed by atoms with Gasteiger partial charge in [-0.3, -0.25) is 4.79 Å². The molecule has 1 fully saturated rings. The fourth-order valence-corrected chi connectivity index (χ4v) is 5.40. The monoisotopic (exact) mass is 457 g/mol. The van der Waals surface area contributed by atoms with E-state index in [1.54, 1.807) is 13.0 Å². The molecule has 0 aliphatic carbocycles. The van der Waals surface area contributed by atoms with Crippen molar-refractivity contribution in [2.45, 2.75) is 38.5 Å². The van der Waals surface area contributed by atoms with Crippen molar-refractivity contribution in [2.75, 3.05) is 11.5 Å². The normalized spacial score (nSPS) is 18.7. The van der Waals surface area contributed by atoms with E-state index in [9.17, 15) is 22.0 Å². The number of para-hydroxylation sites is 1. The lowest BCUT2D eigenvalue weighted by molar-refractivity contribution is -0.141. The first-order chi connectivity index (χ1) is 14.2. The maximum absolute atomic E-state index is 14.4. The quantitative estimate of drug-likeness (QED) is 0.630. The van der Waals surface area contributed by atoms with Crippen LogP contribution in [0.25, 0.3) is 0 Å². The lowest BCUT2D eigenvalue weighted by Crippen LogP contribution is -2.47. The molecule has 2 unspecified atom stereocenters. The van der Waals surface area contributed by atoms with Crippen molar-refractivity contribution in [1.29, 1.82) is 0 Å². The number of benzene rings is 2. The summed E-state index contributed by atoms with van der Waals surface area (Å²) in [5.41, 5.74) is 0.0950. The molecule has 1 aliphatic heterocycles. The van der Waals surface area contributed by atoms with Crippen molar-refractivity contribution >= 4 is 27.3 Å². The Morgan fingerprint density at radius 3 is 2.50 bits per heavy atom. The summed E-state index contributed by atoms with van der Waals surface area (Å²) in [5.74, 6) is -2.11. The molecule has 2 aromatic rings. The molecule has 0 radical (unpaired) electrons. The van der Waals surface area contributed by atoms with E-state index < -0.39 is 39.5 Å². The highest BCUT2D eigenvalue weighted by molar-refractivity contribution is 7.91. The van der Waals surface area contributed by atoms with Gasteiger partial charge in [0.05, 0.1) is 18.1 Å².